The fourth-order valence-electron chi connectivity index (χ4n) is 2.94. The third-order valence-corrected chi connectivity index (χ3v) is 4.26. The van der Waals surface area contributed by atoms with Gasteiger partial charge in [0.1, 0.15) is 12.2 Å². The van der Waals surface area contributed by atoms with E-state index in [1.54, 1.807) is 13.8 Å². The normalized spacial score (nSPS) is 31.3. The minimum atomic E-state index is -2.19. The Labute approximate surface area is 129 Å². The van der Waals surface area contributed by atoms with Gasteiger partial charge in [-0.25, -0.2) is 9.37 Å². The average Bonchev–Trinajstić information content (AvgIpc) is 3.00. The highest BCUT2D eigenvalue weighted by Gasteiger charge is 2.60. The van der Waals surface area contributed by atoms with Crippen LogP contribution in [0.3, 0.4) is 0 Å². The summed E-state index contributed by atoms with van der Waals surface area (Å²) < 4.78 is 22.3. The summed E-state index contributed by atoms with van der Waals surface area (Å²) in [5, 5.41) is 19.5. The first kappa shape index (κ1) is 15.8. The Morgan fingerprint density at radius 1 is 1.61 bits per heavy atom. The van der Waals surface area contributed by atoms with Crippen molar-refractivity contribution in [3.63, 3.8) is 0 Å². The van der Waals surface area contributed by atoms with Gasteiger partial charge < -0.3 is 20.7 Å². The number of imidazole rings is 1. The standard InChI is InChI=1S/C13H18FN5O4/c1-5(2)13(14)8(21)6(3-20)23-11(13)19-4-16-7-9(19)17-12(15)18-10(7)22/h4-6,8,11,20-21H,3H2,1-2H3,(H3,15,17,18,22)/t6-,8+,11-,13-/m1/s1. The molecule has 1 aliphatic heterocycles. The highest BCUT2D eigenvalue weighted by molar-refractivity contribution is 5.70. The number of hydrogen-bond donors (Lipinski definition) is 4. The fraction of sp³-hybridized carbons (Fsp3) is 0.615. The largest absolute Gasteiger partial charge is 0.394 e. The van der Waals surface area contributed by atoms with Crippen molar-refractivity contribution in [2.75, 3.05) is 12.3 Å². The monoisotopic (exact) mass is 327 g/mol. The van der Waals surface area contributed by atoms with Crippen molar-refractivity contribution in [2.45, 2.75) is 38.0 Å². The van der Waals surface area contributed by atoms with Crippen LogP contribution >= 0.6 is 0 Å². The molecule has 1 fully saturated rings. The summed E-state index contributed by atoms with van der Waals surface area (Å²) in [5.74, 6) is -0.772. The van der Waals surface area contributed by atoms with Gasteiger partial charge in [0.2, 0.25) is 5.95 Å². The molecule has 0 aliphatic carbocycles. The molecule has 126 valence electrons. The first-order valence-corrected chi connectivity index (χ1v) is 7.16. The summed E-state index contributed by atoms with van der Waals surface area (Å²) >= 11 is 0. The number of fused-ring (bicyclic) bond motifs is 1. The molecule has 0 amide bonds. The van der Waals surface area contributed by atoms with Crippen LogP contribution in [0.15, 0.2) is 11.1 Å². The molecule has 0 saturated carbocycles. The minimum Gasteiger partial charge on any atom is -0.394 e. The number of aliphatic hydroxyl groups excluding tert-OH is 2. The molecule has 2 aromatic heterocycles. The maximum atomic E-state index is 15.5. The van der Waals surface area contributed by atoms with Gasteiger partial charge in [0.05, 0.1) is 12.9 Å². The summed E-state index contributed by atoms with van der Waals surface area (Å²) in [4.78, 5) is 22.0. The summed E-state index contributed by atoms with van der Waals surface area (Å²) in [5.41, 5.74) is 2.80. The van der Waals surface area contributed by atoms with Gasteiger partial charge >= 0.3 is 0 Å². The Kier molecular flexibility index (Phi) is 3.62. The number of nitrogens with two attached hydrogens (primary N) is 1. The lowest BCUT2D eigenvalue weighted by Crippen LogP contribution is -2.47. The van der Waals surface area contributed by atoms with E-state index in [0.29, 0.717) is 0 Å². The molecule has 9 nitrogen and oxygen atoms in total. The second-order valence-corrected chi connectivity index (χ2v) is 5.91. The van der Waals surface area contributed by atoms with E-state index in [4.69, 9.17) is 10.5 Å². The van der Waals surface area contributed by atoms with Crippen LogP contribution in [0.5, 0.6) is 0 Å². The number of nitrogen functional groups attached to an aromatic ring is 1. The van der Waals surface area contributed by atoms with Crippen molar-refractivity contribution in [1.82, 2.24) is 19.5 Å². The van der Waals surface area contributed by atoms with Gasteiger partial charge in [0, 0.05) is 0 Å². The van der Waals surface area contributed by atoms with Crippen molar-refractivity contribution in [3.8, 4) is 0 Å². The lowest BCUT2D eigenvalue weighted by atomic mass is 9.85. The number of aromatic amines is 1. The van der Waals surface area contributed by atoms with Crippen LogP contribution in [0, 0.1) is 5.92 Å². The molecule has 0 spiro atoms. The van der Waals surface area contributed by atoms with Gasteiger partial charge in [-0.1, -0.05) is 13.8 Å². The van der Waals surface area contributed by atoms with Crippen LogP contribution in [-0.2, 0) is 4.74 Å². The van der Waals surface area contributed by atoms with E-state index < -0.39 is 42.2 Å². The summed E-state index contributed by atoms with van der Waals surface area (Å²) in [7, 11) is 0. The smallest absolute Gasteiger partial charge is 0.280 e. The van der Waals surface area contributed by atoms with Crippen molar-refractivity contribution < 1.29 is 19.3 Å². The van der Waals surface area contributed by atoms with Crippen molar-refractivity contribution >= 4 is 17.1 Å². The Morgan fingerprint density at radius 2 is 2.30 bits per heavy atom. The molecule has 4 atom stereocenters. The van der Waals surface area contributed by atoms with Crippen molar-refractivity contribution in [3.05, 3.63) is 16.7 Å². The molecule has 2 aromatic rings. The van der Waals surface area contributed by atoms with E-state index in [1.165, 1.54) is 10.9 Å². The number of aliphatic hydroxyl groups is 2. The summed E-state index contributed by atoms with van der Waals surface area (Å²) in [6, 6.07) is 0. The second kappa shape index (κ2) is 5.25. The number of halogens is 1. The lowest BCUT2D eigenvalue weighted by molar-refractivity contribution is -0.0805. The van der Waals surface area contributed by atoms with Crippen LogP contribution in [0.4, 0.5) is 10.3 Å². The topological polar surface area (TPSA) is 139 Å². The van der Waals surface area contributed by atoms with Crippen LogP contribution in [0.25, 0.3) is 11.2 Å². The number of hydrogen-bond acceptors (Lipinski definition) is 7. The van der Waals surface area contributed by atoms with Gasteiger partial charge in [0.15, 0.2) is 23.1 Å². The number of ether oxygens (including phenoxy) is 1. The predicted octanol–water partition coefficient (Wildman–Crippen LogP) is -0.683. The van der Waals surface area contributed by atoms with Gasteiger partial charge in [-0.2, -0.15) is 4.98 Å². The number of nitrogens with one attached hydrogen (secondary N) is 1. The van der Waals surface area contributed by atoms with Gasteiger partial charge in [-0.15, -0.1) is 0 Å². The second-order valence-electron chi connectivity index (χ2n) is 5.91. The number of rotatable bonds is 3. The average molecular weight is 327 g/mol. The Bertz CT molecular complexity index is 790. The zero-order valence-corrected chi connectivity index (χ0v) is 12.6. The molecular formula is C13H18FN5O4. The Morgan fingerprint density at radius 3 is 2.91 bits per heavy atom. The molecule has 10 heteroatoms. The molecule has 1 saturated heterocycles. The first-order chi connectivity index (χ1) is 10.8. The van der Waals surface area contributed by atoms with E-state index in [1.807, 2.05) is 0 Å². The quantitative estimate of drug-likeness (QED) is 0.585. The molecular weight excluding hydrogens is 309 g/mol. The van der Waals surface area contributed by atoms with Crippen molar-refractivity contribution in [2.24, 2.45) is 5.92 Å². The molecule has 3 rings (SSSR count). The molecule has 5 N–H and O–H groups in total. The Hall–Kier alpha value is -2.04. The molecule has 0 unspecified atom stereocenters. The van der Waals surface area contributed by atoms with Gasteiger partial charge in [0.25, 0.3) is 5.56 Å². The third kappa shape index (κ3) is 2.13. The number of aromatic nitrogens is 4. The number of anilines is 1. The van der Waals surface area contributed by atoms with E-state index in [-0.39, 0.29) is 17.1 Å². The van der Waals surface area contributed by atoms with Gasteiger partial charge in [-0.05, 0) is 5.92 Å². The molecule has 0 bridgehead atoms. The maximum absolute atomic E-state index is 15.5. The van der Waals surface area contributed by atoms with E-state index in [2.05, 4.69) is 15.0 Å². The van der Waals surface area contributed by atoms with E-state index in [0.717, 1.165) is 0 Å². The fourth-order valence-corrected chi connectivity index (χ4v) is 2.94. The van der Waals surface area contributed by atoms with Crippen LogP contribution < -0.4 is 11.3 Å². The van der Waals surface area contributed by atoms with E-state index >= 15 is 4.39 Å². The number of H-pyrrole nitrogens is 1. The number of alkyl halides is 1. The Balaban J connectivity index is 2.19. The van der Waals surface area contributed by atoms with E-state index in [9.17, 15) is 15.0 Å². The minimum absolute atomic E-state index is 0.0177. The molecule has 23 heavy (non-hydrogen) atoms. The van der Waals surface area contributed by atoms with Crippen molar-refractivity contribution in [1.29, 1.82) is 0 Å². The van der Waals surface area contributed by atoms with Gasteiger partial charge in [-0.3, -0.25) is 14.3 Å². The highest BCUT2D eigenvalue weighted by atomic mass is 19.1. The highest BCUT2D eigenvalue weighted by Crippen LogP contribution is 2.46. The maximum Gasteiger partial charge on any atom is 0.280 e. The zero-order chi connectivity index (χ0) is 16.9. The zero-order valence-electron chi connectivity index (χ0n) is 12.6. The lowest BCUT2D eigenvalue weighted by Gasteiger charge is -2.32. The summed E-state index contributed by atoms with van der Waals surface area (Å²) in [6.07, 6.45) is -2.72. The molecule has 0 radical (unpaired) electrons. The number of nitrogens with zero attached hydrogens (tertiary/aromatic N) is 3. The predicted molar refractivity (Wildman–Crippen MR) is 78.2 cm³/mol. The summed E-state index contributed by atoms with van der Waals surface area (Å²) in [6.45, 7) is 2.64. The molecule has 3 heterocycles. The SMILES string of the molecule is CC(C)[C@@]1(F)[C@@H](O)[C@@H](CO)O[C@H]1n1cnc2c(=O)[nH]c(N)nc21. The third-order valence-electron chi connectivity index (χ3n) is 4.26. The molecule has 0 aromatic carbocycles. The van der Waals surface area contributed by atoms with Crippen LogP contribution in [0.2, 0.25) is 0 Å². The van der Waals surface area contributed by atoms with Crippen LogP contribution in [-0.4, -0.2) is 54.2 Å². The van der Waals surface area contributed by atoms with Crippen LogP contribution in [0.1, 0.15) is 20.1 Å². The first-order valence-electron chi connectivity index (χ1n) is 7.16. The molecule has 1 aliphatic rings.